The Morgan fingerprint density at radius 3 is 2.61 bits per heavy atom. The fourth-order valence-corrected chi connectivity index (χ4v) is 4.20. The summed E-state index contributed by atoms with van der Waals surface area (Å²) in [6, 6.07) is 10.4. The molecule has 124 valence electrons. The van der Waals surface area contributed by atoms with E-state index in [0.29, 0.717) is 12.3 Å². The monoisotopic (exact) mass is 315 g/mol. The number of likely N-dealkylation sites (tertiary alicyclic amines) is 1. The zero-order valence-corrected chi connectivity index (χ0v) is 14.1. The Bertz CT molecular complexity index is 596. The van der Waals surface area contributed by atoms with Crippen LogP contribution in [0.3, 0.4) is 0 Å². The van der Waals surface area contributed by atoms with Gasteiger partial charge in [0.05, 0.1) is 0 Å². The smallest absolute Gasteiger partial charge is 0.303 e. The van der Waals surface area contributed by atoms with Gasteiger partial charge in [0.25, 0.3) is 0 Å². The summed E-state index contributed by atoms with van der Waals surface area (Å²) in [5.41, 5.74) is 1.28. The van der Waals surface area contributed by atoms with Gasteiger partial charge in [-0.15, -0.1) is 0 Å². The summed E-state index contributed by atoms with van der Waals surface area (Å²) in [7, 11) is 0. The van der Waals surface area contributed by atoms with E-state index in [1.54, 1.807) is 0 Å². The van der Waals surface area contributed by atoms with Crippen LogP contribution in [0.1, 0.15) is 32.8 Å². The Hall–Kier alpha value is -1.68. The maximum atomic E-state index is 12.7. The van der Waals surface area contributed by atoms with E-state index in [-0.39, 0.29) is 23.1 Å². The summed E-state index contributed by atoms with van der Waals surface area (Å²) in [5.74, 6) is 0.0640. The van der Waals surface area contributed by atoms with Crippen LogP contribution in [-0.2, 0) is 20.9 Å². The predicted molar refractivity (Wildman–Crippen MR) is 87.7 cm³/mol. The van der Waals surface area contributed by atoms with Crippen LogP contribution >= 0.6 is 0 Å². The number of ether oxygens (including phenoxy) is 1. The summed E-state index contributed by atoms with van der Waals surface area (Å²) in [4.78, 5) is 26.4. The number of hydrogen-bond donors (Lipinski definition) is 0. The van der Waals surface area contributed by atoms with Crippen LogP contribution in [0.25, 0.3) is 0 Å². The average molecular weight is 315 g/mol. The zero-order chi connectivity index (χ0) is 16.6. The van der Waals surface area contributed by atoms with Crippen LogP contribution in [0.2, 0.25) is 0 Å². The first-order valence-corrected chi connectivity index (χ1v) is 8.34. The van der Waals surface area contributed by atoms with Crippen LogP contribution in [0.5, 0.6) is 0 Å². The first-order chi connectivity index (χ1) is 10.9. The Balaban J connectivity index is 1.74. The molecule has 3 rings (SSSR count). The van der Waals surface area contributed by atoms with Crippen molar-refractivity contribution in [2.24, 2.45) is 17.3 Å². The number of benzene rings is 1. The molecular formula is C19H25NO3. The van der Waals surface area contributed by atoms with Gasteiger partial charge in [-0.05, 0) is 23.3 Å². The van der Waals surface area contributed by atoms with Gasteiger partial charge in [-0.25, -0.2) is 0 Å². The number of fused-ring (bicyclic) bond motifs is 1. The van der Waals surface area contributed by atoms with Gasteiger partial charge in [0.2, 0.25) is 0 Å². The minimum atomic E-state index is -0.569. The van der Waals surface area contributed by atoms with E-state index in [4.69, 9.17) is 4.74 Å². The van der Waals surface area contributed by atoms with E-state index < -0.39 is 6.10 Å². The maximum absolute atomic E-state index is 12.7. The fourth-order valence-electron chi connectivity index (χ4n) is 4.20. The molecule has 0 amide bonds. The van der Waals surface area contributed by atoms with Crippen molar-refractivity contribution in [3.8, 4) is 0 Å². The van der Waals surface area contributed by atoms with Crippen LogP contribution < -0.4 is 0 Å². The second kappa shape index (κ2) is 6.08. The molecule has 3 atom stereocenters. The molecule has 0 aromatic heterocycles. The molecule has 2 aliphatic rings. The number of Topliss-reactive ketones (excluding diaryl/α,β-unsaturated/α-hetero) is 1. The summed E-state index contributed by atoms with van der Waals surface area (Å²) in [6.07, 6.45) is 0.0617. The van der Waals surface area contributed by atoms with E-state index >= 15 is 0 Å². The van der Waals surface area contributed by atoms with Crippen molar-refractivity contribution >= 4 is 11.8 Å². The molecule has 0 N–H and O–H groups in total. The van der Waals surface area contributed by atoms with Gasteiger partial charge in [-0.3, -0.25) is 14.5 Å². The highest BCUT2D eigenvalue weighted by Crippen LogP contribution is 2.47. The third-order valence-electron chi connectivity index (χ3n) is 5.35. The third kappa shape index (κ3) is 3.32. The number of carbonyl (C=O) groups excluding carboxylic acids is 2. The molecule has 1 saturated carbocycles. The molecule has 0 radical (unpaired) electrons. The Labute approximate surface area is 137 Å². The second-order valence-corrected chi connectivity index (χ2v) is 7.59. The van der Waals surface area contributed by atoms with Crippen LogP contribution in [0, 0.1) is 17.3 Å². The van der Waals surface area contributed by atoms with Crippen molar-refractivity contribution in [3.05, 3.63) is 35.9 Å². The summed E-state index contributed by atoms with van der Waals surface area (Å²) in [6.45, 7) is 8.34. The molecular weight excluding hydrogens is 290 g/mol. The van der Waals surface area contributed by atoms with Crippen molar-refractivity contribution in [3.63, 3.8) is 0 Å². The summed E-state index contributed by atoms with van der Waals surface area (Å²) < 4.78 is 5.29. The molecule has 4 heteroatoms. The van der Waals surface area contributed by atoms with Crippen molar-refractivity contribution in [1.29, 1.82) is 0 Å². The molecule has 1 aromatic carbocycles. The summed E-state index contributed by atoms with van der Waals surface area (Å²) in [5, 5.41) is 0. The largest absolute Gasteiger partial charge is 0.455 e. The van der Waals surface area contributed by atoms with Crippen molar-refractivity contribution in [1.82, 2.24) is 4.90 Å². The molecule has 1 heterocycles. The Morgan fingerprint density at radius 2 is 1.96 bits per heavy atom. The van der Waals surface area contributed by atoms with Gasteiger partial charge in [-0.2, -0.15) is 0 Å². The molecule has 1 saturated heterocycles. The molecule has 1 aliphatic carbocycles. The van der Waals surface area contributed by atoms with E-state index in [9.17, 15) is 9.59 Å². The lowest BCUT2D eigenvalue weighted by atomic mass is 9.63. The molecule has 3 unspecified atom stereocenters. The molecule has 1 aliphatic heterocycles. The first kappa shape index (κ1) is 16.2. The quantitative estimate of drug-likeness (QED) is 0.805. The van der Waals surface area contributed by atoms with Crippen LogP contribution in [0.15, 0.2) is 30.3 Å². The molecule has 0 spiro atoms. The number of esters is 1. The number of ketones is 1. The highest BCUT2D eigenvalue weighted by atomic mass is 16.5. The van der Waals surface area contributed by atoms with Crippen LogP contribution in [-0.4, -0.2) is 35.8 Å². The molecule has 23 heavy (non-hydrogen) atoms. The van der Waals surface area contributed by atoms with Gasteiger partial charge in [-0.1, -0.05) is 44.2 Å². The second-order valence-electron chi connectivity index (χ2n) is 7.59. The molecule has 1 aromatic rings. The van der Waals surface area contributed by atoms with E-state index in [1.165, 1.54) is 12.5 Å². The highest BCUT2D eigenvalue weighted by Gasteiger charge is 2.53. The molecule has 4 nitrogen and oxygen atoms in total. The molecule has 0 bridgehead atoms. The minimum absolute atomic E-state index is 0.00410. The number of hydrogen-bond acceptors (Lipinski definition) is 4. The van der Waals surface area contributed by atoms with E-state index in [0.717, 1.165) is 19.6 Å². The third-order valence-corrected chi connectivity index (χ3v) is 5.35. The topological polar surface area (TPSA) is 46.6 Å². The number of nitrogens with zero attached hydrogens (tertiary/aromatic N) is 1. The predicted octanol–water partition coefficient (Wildman–Crippen LogP) is 2.67. The Kier molecular flexibility index (Phi) is 4.28. The van der Waals surface area contributed by atoms with Gasteiger partial charge in [0.1, 0.15) is 0 Å². The number of rotatable bonds is 3. The fraction of sp³-hybridized carbons (Fsp3) is 0.579. The highest BCUT2D eigenvalue weighted by molar-refractivity contribution is 5.89. The van der Waals surface area contributed by atoms with Gasteiger partial charge in [0, 0.05) is 32.5 Å². The maximum Gasteiger partial charge on any atom is 0.303 e. The van der Waals surface area contributed by atoms with Gasteiger partial charge < -0.3 is 4.74 Å². The van der Waals surface area contributed by atoms with E-state index in [1.807, 2.05) is 18.2 Å². The van der Waals surface area contributed by atoms with Crippen molar-refractivity contribution in [2.45, 2.75) is 39.8 Å². The lowest BCUT2D eigenvalue weighted by molar-refractivity contribution is -0.161. The minimum Gasteiger partial charge on any atom is -0.455 e. The van der Waals surface area contributed by atoms with Gasteiger partial charge >= 0.3 is 5.97 Å². The molecule has 2 fully saturated rings. The standard InChI is InChI=1S/C19H25NO3/c1-13(21)23-17-9-19(2,3)16-12-20(11-15(16)18(17)22)10-14-7-5-4-6-8-14/h4-8,15-17H,9-12H2,1-3H3. The van der Waals surface area contributed by atoms with Crippen molar-refractivity contribution in [2.75, 3.05) is 13.1 Å². The van der Waals surface area contributed by atoms with Gasteiger partial charge in [0.15, 0.2) is 11.9 Å². The van der Waals surface area contributed by atoms with E-state index in [2.05, 4.69) is 30.9 Å². The van der Waals surface area contributed by atoms with Crippen molar-refractivity contribution < 1.29 is 14.3 Å². The zero-order valence-electron chi connectivity index (χ0n) is 14.1. The number of carbonyl (C=O) groups is 2. The Morgan fingerprint density at radius 1 is 1.26 bits per heavy atom. The lowest BCUT2D eigenvalue weighted by Gasteiger charge is -2.42. The average Bonchev–Trinajstić information content (AvgIpc) is 2.90. The van der Waals surface area contributed by atoms with Crippen LogP contribution in [0.4, 0.5) is 0 Å². The SMILES string of the molecule is CC(=O)OC1CC(C)(C)C2CN(Cc3ccccc3)CC2C1=O. The first-order valence-electron chi connectivity index (χ1n) is 8.34. The lowest BCUT2D eigenvalue weighted by Crippen LogP contribution is -2.48. The normalized spacial score (nSPS) is 30.0. The summed E-state index contributed by atoms with van der Waals surface area (Å²) >= 11 is 0.